The molecule has 1 unspecified atom stereocenters. The minimum atomic E-state index is 0.0630. The molecule has 0 saturated carbocycles. The van der Waals surface area contributed by atoms with Gasteiger partial charge in [0.05, 0.1) is 5.92 Å². The van der Waals surface area contributed by atoms with Crippen LogP contribution in [0.1, 0.15) is 35.0 Å². The fourth-order valence-electron chi connectivity index (χ4n) is 3.77. The van der Waals surface area contributed by atoms with Crippen LogP contribution in [0.5, 0.6) is 0 Å². The first-order valence-corrected chi connectivity index (χ1v) is 10.4. The van der Waals surface area contributed by atoms with Crippen molar-refractivity contribution in [2.45, 2.75) is 18.8 Å². The molecule has 0 radical (unpaired) electrons. The van der Waals surface area contributed by atoms with Crippen molar-refractivity contribution in [3.8, 4) is 11.5 Å². The first-order valence-electron chi connectivity index (χ1n) is 9.42. The third kappa shape index (κ3) is 3.20. The molecule has 3 heterocycles. The number of thiophene rings is 1. The Labute approximate surface area is 166 Å². The van der Waals surface area contributed by atoms with Crippen LogP contribution >= 0.6 is 11.3 Å². The van der Waals surface area contributed by atoms with Gasteiger partial charge >= 0.3 is 0 Å². The predicted octanol–water partition coefficient (Wildman–Crippen LogP) is 4.97. The van der Waals surface area contributed by atoms with E-state index < -0.39 is 0 Å². The summed E-state index contributed by atoms with van der Waals surface area (Å²) in [7, 11) is 0. The first kappa shape index (κ1) is 17.1. The third-order valence-corrected chi connectivity index (χ3v) is 5.95. The Bertz CT molecular complexity index is 1120. The maximum atomic E-state index is 13.1. The van der Waals surface area contributed by atoms with Crippen LogP contribution in [-0.4, -0.2) is 34.1 Å². The van der Waals surface area contributed by atoms with Gasteiger partial charge in [-0.05, 0) is 47.2 Å². The highest BCUT2D eigenvalue weighted by molar-refractivity contribution is 7.08. The van der Waals surface area contributed by atoms with Crippen LogP contribution in [0.3, 0.4) is 0 Å². The molecule has 1 aliphatic rings. The molecule has 28 heavy (non-hydrogen) atoms. The van der Waals surface area contributed by atoms with Crippen molar-refractivity contribution in [1.29, 1.82) is 0 Å². The molecule has 1 saturated heterocycles. The van der Waals surface area contributed by atoms with Gasteiger partial charge < -0.3 is 9.32 Å². The average molecular weight is 389 g/mol. The molecule has 1 fully saturated rings. The van der Waals surface area contributed by atoms with E-state index in [0.29, 0.717) is 18.3 Å². The van der Waals surface area contributed by atoms with Gasteiger partial charge in [-0.1, -0.05) is 30.3 Å². The van der Waals surface area contributed by atoms with Crippen molar-refractivity contribution in [2.24, 2.45) is 0 Å². The van der Waals surface area contributed by atoms with Crippen LogP contribution < -0.4 is 0 Å². The van der Waals surface area contributed by atoms with Gasteiger partial charge in [0.1, 0.15) is 0 Å². The molecule has 2 aromatic carbocycles. The molecule has 140 valence electrons. The van der Waals surface area contributed by atoms with Crippen LogP contribution in [0.4, 0.5) is 0 Å². The fourth-order valence-corrected chi connectivity index (χ4v) is 4.40. The van der Waals surface area contributed by atoms with E-state index >= 15 is 0 Å². The second-order valence-electron chi connectivity index (χ2n) is 7.11. The van der Waals surface area contributed by atoms with E-state index in [1.807, 2.05) is 58.1 Å². The molecule has 0 aliphatic carbocycles. The van der Waals surface area contributed by atoms with Gasteiger partial charge in [-0.3, -0.25) is 4.79 Å². The van der Waals surface area contributed by atoms with Crippen molar-refractivity contribution in [1.82, 2.24) is 15.1 Å². The van der Waals surface area contributed by atoms with Crippen LogP contribution in [0, 0.1) is 0 Å². The van der Waals surface area contributed by atoms with Crippen LogP contribution in [0.25, 0.3) is 22.2 Å². The van der Waals surface area contributed by atoms with Gasteiger partial charge in [-0.2, -0.15) is 11.3 Å². The summed E-state index contributed by atoms with van der Waals surface area (Å²) in [5.41, 5.74) is 1.67. The lowest BCUT2D eigenvalue weighted by atomic mass is 9.97. The maximum absolute atomic E-state index is 13.1. The Morgan fingerprint density at radius 3 is 2.86 bits per heavy atom. The molecule has 1 aliphatic heterocycles. The van der Waals surface area contributed by atoms with Crippen LogP contribution in [0.2, 0.25) is 0 Å². The molecule has 0 spiro atoms. The second-order valence-corrected chi connectivity index (χ2v) is 7.89. The molecule has 5 rings (SSSR count). The number of carbonyl (C=O) groups is 1. The molecule has 5 nitrogen and oxygen atoms in total. The van der Waals surface area contributed by atoms with Gasteiger partial charge in [-0.15, -0.1) is 10.2 Å². The fraction of sp³-hybridized carbons (Fsp3) is 0.227. The lowest BCUT2D eigenvalue weighted by Crippen LogP contribution is -2.39. The number of hydrogen-bond donors (Lipinski definition) is 0. The van der Waals surface area contributed by atoms with E-state index in [1.165, 1.54) is 0 Å². The highest BCUT2D eigenvalue weighted by Gasteiger charge is 2.29. The Morgan fingerprint density at radius 2 is 2.00 bits per heavy atom. The third-order valence-electron chi connectivity index (χ3n) is 5.26. The number of rotatable bonds is 3. The molecule has 2 aromatic heterocycles. The van der Waals surface area contributed by atoms with Crippen molar-refractivity contribution in [3.05, 3.63) is 70.7 Å². The van der Waals surface area contributed by atoms with E-state index in [1.54, 1.807) is 11.3 Å². The van der Waals surface area contributed by atoms with Crippen LogP contribution in [-0.2, 0) is 0 Å². The summed E-state index contributed by atoms with van der Waals surface area (Å²) in [6.07, 6.45) is 1.88. The molecule has 1 atom stereocenters. The summed E-state index contributed by atoms with van der Waals surface area (Å²) < 4.78 is 5.91. The van der Waals surface area contributed by atoms with Gasteiger partial charge in [0.2, 0.25) is 11.8 Å². The number of carbonyl (C=O) groups excluding carboxylic acids is 1. The zero-order valence-electron chi connectivity index (χ0n) is 15.2. The lowest BCUT2D eigenvalue weighted by Gasteiger charge is -2.31. The minimum Gasteiger partial charge on any atom is -0.420 e. The summed E-state index contributed by atoms with van der Waals surface area (Å²) in [5.74, 6) is 1.32. The van der Waals surface area contributed by atoms with E-state index in [4.69, 9.17) is 4.42 Å². The van der Waals surface area contributed by atoms with E-state index in [0.717, 1.165) is 41.3 Å². The molecular weight excluding hydrogens is 370 g/mol. The smallest absolute Gasteiger partial charge is 0.253 e. The second kappa shape index (κ2) is 7.20. The number of piperidine rings is 1. The molecule has 4 aromatic rings. The Balaban J connectivity index is 1.35. The zero-order valence-corrected chi connectivity index (χ0v) is 16.1. The van der Waals surface area contributed by atoms with Crippen molar-refractivity contribution in [3.63, 3.8) is 0 Å². The summed E-state index contributed by atoms with van der Waals surface area (Å²) in [4.78, 5) is 15.0. The van der Waals surface area contributed by atoms with Gasteiger partial charge in [0.15, 0.2) is 0 Å². The maximum Gasteiger partial charge on any atom is 0.253 e. The first-order chi connectivity index (χ1) is 13.8. The van der Waals surface area contributed by atoms with Crippen molar-refractivity contribution < 1.29 is 9.21 Å². The van der Waals surface area contributed by atoms with Crippen molar-refractivity contribution >= 4 is 28.0 Å². The Kier molecular flexibility index (Phi) is 4.41. The number of fused-ring (bicyclic) bond motifs is 1. The molecule has 1 amide bonds. The highest BCUT2D eigenvalue weighted by Crippen LogP contribution is 2.30. The summed E-state index contributed by atoms with van der Waals surface area (Å²) in [6, 6.07) is 16.0. The van der Waals surface area contributed by atoms with Gasteiger partial charge in [0, 0.05) is 29.6 Å². The van der Waals surface area contributed by atoms with E-state index in [-0.39, 0.29) is 11.8 Å². The van der Waals surface area contributed by atoms with Gasteiger partial charge in [0.25, 0.3) is 5.91 Å². The lowest BCUT2D eigenvalue weighted by molar-refractivity contribution is 0.0698. The predicted molar refractivity (Wildman–Crippen MR) is 109 cm³/mol. The number of likely N-dealkylation sites (tertiary alicyclic amines) is 1. The summed E-state index contributed by atoms with van der Waals surface area (Å²) in [5, 5.41) is 14.6. The normalized spacial score (nSPS) is 17.1. The number of benzene rings is 2. The number of nitrogens with zero attached hydrogens (tertiary/aromatic N) is 3. The Morgan fingerprint density at radius 1 is 1.11 bits per heavy atom. The summed E-state index contributed by atoms with van der Waals surface area (Å²) in [6.45, 7) is 1.37. The summed E-state index contributed by atoms with van der Waals surface area (Å²) >= 11 is 1.60. The standard InChI is InChI=1S/C22H19N3O2S/c26-22(17-8-7-15-4-1-2-5-16(15)12-17)25-10-3-6-18(13-25)20-23-24-21(27-20)19-9-11-28-14-19/h1-2,4-5,7-9,11-12,14,18H,3,6,10,13H2. The molecule has 0 bridgehead atoms. The van der Waals surface area contributed by atoms with E-state index in [9.17, 15) is 4.79 Å². The minimum absolute atomic E-state index is 0.0630. The zero-order chi connectivity index (χ0) is 18.9. The number of amides is 1. The quantitative estimate of drug-likeness (QED) is 0.496. The molecule has 6 heteroatoms. The largest absolute Gasteiger partial charge is 0.420 e. The van der Waals surface area contributed by atoms with Crippen molar-refractivity contribution in [2.75, 3.05) is 13.1 Å². The van der Waals surface area contributed by atoms with Crippen LogP contribution in [0.15, 0.2) is 63.7 Å². The SMILES string of the molecule is O=C(c1ccc2ccccc2c1)N1CCCC(c2nnc(-c3ccsc3)o2)C1. The highest BCUT2D eigenvalue weighted by atomic mass is 32.1. The molecule has 0 N–H and O–H groups in total. The monoisotopic (exact) mass is 389 g/mol. The molecular formula is C22H19N3O2S. The topological polar surface area (TPSA) is 59.2 Å². The number of hydrogen-bond acceptors (Lipinski definition) is 5. The number of aromatic nitrogens is 2. The van der Waals surface area contributed by atoms with E-state index in [2.05, 4.69) is 16.3 Å². The van der Waals surface area contributed by atoms with Gasteiger partial charge in [-0.25, -0.2) is 0 Å². The Hall–Kier alpha value is -2.99. The average Bonchev–Trinajstić information content (AvgIpc) is 3.45.